The summed E-state index contributed by atoms with van der Waals surface area (Å²) in [7, 11) is 0. The van der Waals surface area contributed by atoms with E-state index in [0.29, 0.717) is 23.9 Å². The lowest BCUT2D eigenvalue weighted by molar-refractivity contribution is 0.427. The Balaban J connectivity index is 2.54. The van der Waals surface area contributed by atoms with E-state index >= 15 is 0 Å². The van der Waals surface area contributed by atoms with Crippen molar-refractivity contribution in [2.45, 2.75) is 27.3 Å². The van der Waals surface area contributed by atoms with Crippen LogP contribution < -0.4 is 5.32 Å². The number of benzene rings is 1. The molecule has 0 aliphatic heterocycles. The van der Waals surface area contributed by atoms with Gasteiger partial charge in [-0.05, 0) is 45.1 Å². The first-order valence-electron chi connectivity index (χ1n) is 6.59. The highest BCUT2D eigenvalue weighted by Crippen LogP contribution is 2.39. The molecule has 0 saturated heterocycles. The first-order chi connectivity index (χ1) is 9.58. The van der Waals surface area contributed by atoms with E-state index in [2.05, 4.69) is 15.5 Å². The lowest BCUT2D eigenvalue weighted by atomic mass is 10.1. The number of aromatic hydroxyl groups is 1. The Morgan fingerprint density at radius 3 is 2.80 bits per heavy atom. The van der Waals surface area contributed by atoms with Gasteiger partial charge in [-0.3, -0.25) is 0 Å². The van der Waals surface area contributed by atoms with Gasteiger partial charge in [0, 0.05) is 18.5 Å². The summed E-state index contributed by atoms with van der Waals surface area (Å²) in [4.78, 5) is 0. The summed E-state index contributed by atoms with van der Waals surface area (Å²) in [5.41, 5.74) is 2.51. The van der Waals surface area contributed by atoms with E-state index in [9.17, 15) is 5.11 Å². The fourth-order valence-electron chi connectivity index (χ4n) is 2.14. The normalized spacial score (nSPS) is 11.3. The zero-order valence-electron chi connectivity index (χ0n) is 11.8. The zero-order valence-corrected chi connectivity index (χ0v) is 12.7. The molecule has 1 aromatic heterocycles. The second kappa shape index (κ2) is 6.00. The second-order valence-electron chi connectivity index (χ2n) is 4.47. The van der Waals surface area contributed by atoms with Crippen molar-refractivity contribution in [1.29, 1.82) is 0 Å². The molecule has 5 nitrogen and oxygen atoms in total. The van der Waals surface area contributed by atoms with Gasteiger partial charge in [-0.1, -0.05) is 11.6 Å². The van der Waals surface area contributed by atoms with Gasteiger partial charge >= 0.3 is 0 Å². The molecule has 0 bridgehead atoms. The van der Waals surface area contributed by atoms with Crippen molar-refractivity contribution in [3.05, 3.63) is 23.8 Å². The van der Waals surface area contributed by atoms with Crippen molar-refractivity contribution in [3.8, 4) is 5.88 Å². The molecule has 0 atom stereocenters. The van der Waals surface area contributed by atoms with E-state index in [-0.39, 0.29) is 5.88 Å². The standard InChI is InChI=1S/C14H18N4OS/c1-4-15-14(20)17-16-12-10-8-9(3)6-7-11(10)18(5-2)13(12)19/h6-8,19H,4-5H2,1-3H3,(H,15,20). The van der Waals surface area contributed by atoms with Crippen LogP contribution >= 0.6 is 12.2 Å². The molecule has 6 heteroatoms. The quantitative estimate of drug-likeness (QED) is 0.670. The van der Waals surface area contributed by atoms with Gasteiger partial charge in [0.2, 0.25) is 11.0 Å². The smallest absolute Gasteiger partial charge is 0.220 e. The van der Waals surface area contributed by atoms with E-state index in [1.165, 1.54) is 0 Å². The number of thiocarbonyl (C=S) groups is 1. The van der Waals surface area contributed by atoms with Crippen LogP contribution in [0.4, 0.5) is 5.69 Å². The third-order valence-corrected chi connectivity index (χ3v) is 3.28. The minimum Gasteiger partial charge on any atom is -0.493 e. The highest BCUT2D eigenvalue weighted by atomic mass is 32.1. The molecule has 0 unspecified atom stereocenters. The van der Waals surface area contributed by atoms with Gasteiger partial charge in [-0.2, -0.15) is 0 Å². The minimum absolute atomic E-state index is 0.121. The van der Waals surface area contributed by atoms with Crippen LogP contribution in [-0.4, -0.2) is 21.3 Å². The first kappa shape index (κ1) is 14.5. The molecule has 0 aliphatic rings. The van der Waals surface area contributed by atoms with Gasteiger partial charge in [0.05, 0.1) is 5.52 Å². The number of nitrogens with one attached hydrogen (secondary N) is 1. The summed E-state index contributed by atoms with van der Waals surface area (Å²) in [6, 6.07) is 5.99. The Morgan fingerprint density at radius 2 is 2.15 bits per heavy atom. The average Bonchev–Trinajstić information content (AvgIpc) is 2.67. The lowest BCUT2D eigenvalue weighted by Crippen LogP contribution is -2.17. The number of rotatable bonds is 3. The van der Waals surface area contributed by atoms with E-state index in [1.807, 2.05) is 39.0 Å². The fourth-order valence-corrected chi connectivity index (χ4v) is 2.32. The third kappa shape index (κ3) is 2.65. The number of aryl methyl sites for hydroxylation is 2. The number of hydrogen-bond acceptors (Lipinski definition) is 3. The van der Waals surface area contributed by atoms with Gasteiger partial charge in [0.1, 0.15) is 0 Å². The Bertz CT molecular complexity index is 675. The predicted octanol–water partition coefficient (Wildman–Crippen LogP) is 3.65. The Morgan fingerprint density at radius 1 is 1.40 bits per heavy atom. The molecule has 1 aromatic carbocycles. The van der Waals surface area contributed by atoms with Crippen LogP contribution in [0.2, 0.25) is 0 Å². The summed E-state index contributed by atoms with van der Waals surface area (Å²) in [5.74, 6) is 0.121. The van der Waals surface area contributed by atoms with Gasteiger partial charge in [0.15, 0.2) is 5.69 Å². The van der Waals surface area contributed by atoms with Gasteiger partial charge in [0.25, 0.3) is 0 Å². The van der Waals surface area contributed by atoms with Gasteiger partial charge < -0.3 is 15.0 Å². The van der Waals surface area contributed by atoms with Crippen LogP contribution in [0.15, 0.2) is 28.4 Å². The molecule has 0 spiro atoms. The molecule has 2 N–H and O–H groups in total. The van der Waals surface area contributed by atoms with E-state index in [1.54, 1.807) is 4.57 Å². The van der Waals surface area contributed by atoms with Crippen molar-refractivity contribution < 1.29 is 5.11 Å². The molecular formula is C14H18N4OS. The molecule has 2 rings (SSSR count). The second-order valence-corrected chi connectivity index (χ2v) is 4.86. The Hall–Kier alpha value is -1.95. The van der Waals surface area contributed by atoms with E-state index in [0.717, 1.165) is 16.5 Å². The zero-order chi connectivity index (χ0) is 14.7. The molecule has 20 heavy (non-hydrogen) atoms. The number of hydrogen-bond donors (Lipinski definition) is 2. The maximum absolute atomic E-state index is 10.3. The molecule has 0 aliphatic carbocycles. The molecule has 0 saturated carbocycles. The van der Waals surface area contributed by atoms with Crippen LogP contribution in [0.1, 0.15) is 19.4 Å². The minimum atomic E-state index is 0.121. The molecular weight excluding hydrogens is 272 g/mol. The first-order valence-corrected chi connectivity index (χ1v) is 7.00. The van der Waals surface area contributed by atoms with Crippen molar-refractivity contribution in [1.82, 2.24) is 9.88 Å². The molecule has 0 fully saturated rings. The highest BCUT2D eigenvalue weighted by molar-refractivity contribution is 7.80. The molecule has 0 amide bonds. The van der Waals surface area contributed by atoms with Crippen molar-refractivity contribution >= 4 is 33.9 Å². The number of fused-ring (bicyclic) bond motifs is 1. The summed E-state index contributed by atoms with van der Waals surface area (Å²) in [6.07, 6.45) is 0. The van der Waals surface area contributed by atoms with Crippen LogP contribution in [0, 0.1) is 6.92 Å². The van der Waals surface area contributed by atoms with Crippen molar-refractivity contribution in [2.24, 2.45) is 10.2 Å². The molecule has 106 valence electrons. The maximum atomic E-state index is 10.3. The number of azo groups is 1. The summed E-state index contributed by atoms with van der Waals surface area (Å²) in [5, 5.41) is 22.4. The highest BCUT2D eigenvalue weighted by Gasteiger charge is 2.15. The Labute approximate surface area is 123 Å². The SMILES string of the molecule is CCNC(=S)N=Nc1c(O)n(CC)c2ccc(C)cc12. The van der Waals surface area contributed by atoms with E-state index in [4.69, 9.17) is 12.2 Å². The van der Waals surface area contributed by atoms with Crippen LogP contribution in [-0.2, 0) is 6.54 Å². The monoisotopic (exact) mass is 290 g/mol. The van der Waals surface area contributed by atoms with E-state index < -0.39 is 0 Å². The number of nitrogens with zero attached hydrogens (tertiary/aromatic N) is 3. The molecule has 0 radical (unpaired) electrons. The van der Waals surface area contributed by atoms with Crippen LogP contribution in [0.25, 0.3) is 10.9 Å². The summed E-state index contributed by atoms with van der Waals surface area (Å²) >= 11 is 5.02. The van der Waals surface area contributed by atoms with Crippen molar-refractivity contribution in [3.63, 3.8) is 0 Å². The maximum Gasteiger partial charge on any atom is 0.220 e. The van der Waals surface area contributed by atoms with Crippen LogP contribution in [0.5, 0.6) is 5.88 Å². The Kier molecular flexibility index (Phi) is 4.34. The molecule has 1 heterocycles. The lowest BCUT2D eigenvalue weighted by Gasteiger charge is -2.01. The van der Waals surface area contributed by atoms with Gasteiger partial charge in [-0.25, -0.2) is 0 Å². The van der Waals surface area contributed by atoms with Gasteiger partial charge in [-0.15, -0.1) is 10.2 Å². The average molecular weight is 290 g/mol. The van der Waals surface area contributed by atoms with Crippen molar-refractivity contribution in [2.75, 3.05) is 6.54 Å². The number of aromatic nitrogens is 1. The fraction of sp³-hybridized carbons (Fsp3) is 0.357. The predicted molar refractivity (Wildman–Crippen MR) is 84.8 cm³/mol. The van der Waals surface area contributed by atoms with Crippen LogP contribution in [0.3, 0.4) is 0 Å². The largest absolute Gasteiger partial charge is 0.493 e. The summed E-state index contributed by atoms with van der Waals surface area (Å²) < 4.78 is 1.80. The topological polar surface area (TPSA) is 61.9 Å². The summed E-state index contributed by atoms with van der Waals surface area (Å²) in [6.45, 7) is 7.27. The molecule has 2 aromatic rings. The third-order valence-electron chi connectivity index (χ3n) is 3.05.